The Kier molecular flexibility index (Phi) is 12.0. The molecular weight excluding hydrogens is 955 g/mol. The molecule has 0 unspecified atom stereocenters. The van der Waals surface area contributed by atoms with E-state index in [1.807, 2.05) is 121 Å². The summed E-state index contributed by atoms with van der Waals surface area (Å²) in [6.45, 7) is 11.0. The minimum atomic E-state index is -0.475. The molecule has 0 spiro atoms. The molecule has 376 valence electrons. The van der Waals surface area contributed by atoms with Crippen LogP contribution < -0.4 is 9.80 Å². The fraction of sp³-hybridized carbons (Fsp3) is 0.0811. The number of halogens is 2. The molecule has 0 saturated carbocycles. The highest BCUT2D eigenvalue weighted by Gasteiger charge is 2.36. The van der Waals surface area contributed by atoms with Gasteiger partial charge in [-0.15, -0.1) is 0 Å². The fourth-order valence-electron chi connectivity index (χ4n) is 12.0. The first-order valence-electron chi connectivity index (χ1n) is 26.8. The minimum absolute atomic E-state index is 0.292. The van der Waals surface area contributed by atoms with Crippen LogP contribution in [0.4, 0.5) is 42.9 Å². The molecule has 0 atom stereocenters. The Hall–Kier alpha value is -9.38. The molecule has 0 bridgehead atoms. The van der Waals surface area contributed by atoms with Crippen molar-refractivity contribution < 1.29 is 8.78 Å². The molecule has 0 N–H and O–H groups in total. The lowest BCUT2D eigenvalue weighted by Crippen LogP contribution is -2.25. The number of nitrogens with zero attached hydrogens (tertiary/aromatic N) is 2. The molecule has 1 aliphatic carbocycles. The van der Waals surface area contributed by atoms with Crippen molar-refractivity contribution in [1.82, 2.24) is 0 Å². The first-order valence-corrected chi connectivity index (χ1v) is 26.8. The molecule has 4 heteroatoms. The van der Waals surface area contributed by atoms with E-state index in [1.165, 1.54) is 16.5 Å². The van der Waals surface area contributed by atoms with Crippen molar-refractivity contribution in [1.29, 1.82) is 0 Å². The average molecular weight is 1010 g/mol. The van der Waals surface area contributed by atoms with Crippen LogP contribution in [0.3, 0.4) is 0 Å². The molecule has 13 rings (SSSR count). The van der Waals surface area contributed by atoms with Crippen molar-refractivity contribution in [3.63, 3.8) is 0 Å². The van der Waals surface area contributed by atoms with E-state index >= 15 is 8.78 Å². The summed E-state index contributed by atoms with van der Waals surface area (Å²) in [5.74, 6) is -0.587. The number of aryl methyl sites for hydroxylation is 3. The third-order valence-electron chi connectivity index (χ3n) is 16.1. The zero-order valence-electron chi connectivity index (χ0n) is 44.3. The maximum atomic E-state index is 17.8. The molecule has 2 nitrogen and oxygen atoms in total. The highest BCUT2D eigenvalue weighted by atomic mass is 19.1. The molecule has 0 aromatic heterocycles. The van der Waals surface area contributed by atoms with Gasteiger partial charge in [0, 0.05) is 39.3 Å². The van der Waals surface area contributed by atoms with E-state index in [9.17, 15) is 0 Å². The number of benzene rings is 12. The second kappa shape index (κ2) is 19.3. The summed E-state index contributed by atoms with van der Waals surface area (Å²) >= 11 is 0. The highest BCUT2D eigenvalue weighted by Crippen LogP contribution is 2.55. The number of hydrogen-bond acceptors (Lipinski definition) is 2. The van der Waals surface area contributed by atoms with E-state index < -0.39 is 5.41 Å². The molecule has 78 heavy (non-hydrogen) atoms. The predicted molar refractivity (Wildman–Crippen MR) is 324 cm³/mol. The van der Waals surface area contributed by atoms with Gasteiger partial charge in [-0.25, -0.2) is 8.78 Å². The lowest BCUT2D eigenvalue weighted by atomic mass is 9.67. The summed E-state index contributed by atoms with van der Waals surface area (Å²) in [5, 5.41) is 4.56. The lowest BCUT2D eigenvalue weighted by Gasteiger charge is -2.38. The van der Waals surface area contributed by atoms with Crippen molar-refractivity contribution in [2.24, 2.45) is 0 Å². The van der Waals surface area contributed by atoms with Gasteiger partial charge in [0.25, 0.3) is 0 Å². The van der Waals surface area contributed by atoms with Crippen molar-refractivity contribution in [2.45, 2.75) is 40.0 Å². The number of anilines is 6. The first-order chi connectivity index (χ1) is 38.0. The highest BCUT2D eigenvalue weighted by molar-refractivity contribution is 6.19. The van der Waals surface area contributed by atoms with Gasteiger partial charge in [-0.05, 0) is 176 Å². The van der Waals surface area contributed by atoms with Gasteiger partial charge in [0.2, 0.25) is 0 Å². The summed E-state index contributed by atoms with van der Waals surface area (Å²) in [5.41, 5.74) is 18.6. The normalized spacial score (nSPS) is 12.4. The molecule has 0 radical (unpaired) electrons. The van der Waals surface area contributed by atoms with E-state index in [2.05, 4.69) is 172 Å². The number of rotatable bonds is 10. The van der Waals surface area contributed by atoms with E-state index in [1.54, 1.807) is 0 Å². The summed E-state index contributed by atoms with van der Waals surface area (Å²) in [6.07, 6.45) is 0. The van der Waals surface area contributed by atoms with Crippen LogP contribution in [0.2, 0.25) is 0 Å². The third-order valence-corrected chi connectivity index (χ3v) is 16.1. The largest absolute Gasteiger partial charge is 0.308 e. The van der Waals surface area contributed by atoms with E-state index in [4.69, 9.17) is 0 Å². The van der Waals surface area contributed by atoms with E-state index in [-0.39, 0.29) is 11.6 Å². The maximum absolute atomic E-state index is 17.8. The number of fused-ring (bicyclic) bond motifs is 4. The van der Waals surface area contributed by atoms with Crippen LogP contribution >= 0.6 is 0 Å². The summed E-state index contributed by atoms with van der Waals surface area (Å²) in [4.78, 5) is 4.18. The predicted octanol–water partition coefficient (Wildman–Crippen LogP) is 21.1. The van der Waals surface area contributed by atoms with Gasteiger partial charge in [0.1, 0.15) is 0 Å². The molecular formula is C74H56F2N2. The van der Waals surface area contributed by atoms with Gasteiger partial charge >= 0.3 is 0 Å². The molecule has 0 saturated heterocycles. The summed E-state index contributed by atoms with van der Waals surface area (Å²) in [7, 11) is 0. The standard InChI is InChI=1S/C74H56F2N2/c1-47-29-33-56(34-30-47)77(68-43-54(50-19-10-6-11-20-50)41-63(72(68)75)52-23-14-8-15-24-52)58-37-39-60-49(3)70-62-40-38-59(46-67(62)74(4,5)66-28-18-27-61(71(66)70)65(60)45-58)78(57-35-31-48(2)32-36-57)69-44-55(51-21-12-7-13-22-51)42-64(73(69)76)53-25-16-9-17-26-53/h6-46H,1-5H3. The second-order valence-electron chi connectivity index (χ2n) is 21.3. The Labute approximate surface area is 455 Å². The zero-order valence-corrected chi connectivity index (χ0v) is 44.3. The van der Waals surface area contributed by atoms with Crippen LogP contribution in [0.1, 0.15) is 41.7 Å². The summed E-state index contributed by atoms with van der Waals surface area (Å²) < 4.78 is 35.6. The zero-order chi connectivity index (χ0) is 53.2. The topological polar surface area (TPSA) is 6.48 Å². The lowest BCUT2D eigenvalue weighted by molar-refractivity contribution is 0.632. The molecule has 0 aliphatic heterocycles. The van der Waals surface area contributed by atoms with Crippen LogP contribution in [-0.2, 0) is 5.41 Å². The molecule has 0 amide bonds. The van der Waals surface area contributed by atoms with Crippen molar-refractivity contribution >= 4 is 55.7 Å². The van der Waals surface area contributed by atoms with Gasteiger partial charge in [-0.2, -0.15) is 0 Å². The Morgan fingerprint density at radius 1 is 0.321 bits per heavy atom. The van der Waals surface area contributed by atoms with Gasteiger partial charge < -0.3 is 9.80 Å². The van der Waals surface area contributed by atoms with Gasteiger partial charge in [-0.1, -0.05) is 201 Å². The van der Waals surface area contributed by atoms with Gasteiger partial charge in [-0.3, -0.25) is 0 Å². The molecule has 0 fully saturated rings. The third kappa shape index (κ3) is 8.24. The van der Waals surface area contributed by atoms with Crippen LogP contribution in [0.25, 0.3) is 77.2 Å². The first kappa shape index (κ1) is 48.3. The van der Waals surface area contributed by atoms with Crippen molar-refractivity contribution in [3.8, 4) is 55.6 Å². The Bertz CT molecular complexity index is 4250. The van der Waals surface area contributed by atoms with Gasteiger partial charge in [0.05, 0.1) is 11.4 Å². The van der Waals surface area contributed by atoms with Gasteiger partial charge in [0.15, 0.2) is 11.6 Å². The minimum Gasteiger partial charge on any atom is -0.308 e. The van der Waals surface area contributed by atoms with Crippen LogP contribution in [0, 0.1) is 32.4 Å². The second-order valence-corrected chi connectivity index (χ2v) is 21.3. The Morgan fingerprint density at radius 3 is 1.24 bits per heavy atom. The smallest absolute Gasteiger partial charge is 0.155 e. The number of hydrogen-bond donors (Lipinski definition) is 0. The molecule has 12 aromatic rings. The van der Waals surface area contributed by atoms with Crippen LogP contribution in [0.5, 0.6) is 0 Å². The molecule has 1 aliphatic rings. The fourth-order valence-corrected chi connectivity index (χ4v) is 12.0. The van der Waals surface area contributed by atoms with Crippen molar-refractivity contribution in [2.75, 3.05) is 9.80 Å². The van der Waals surface area contributed by atoms with Crippen LogP contribution in [0.15, 0.2) is 249 Å². The van der Waals surface area contributed by atoms with Crippen LogP contribution in [-0.4, -0.2) is 0 Å². The van der Waals surface area contributed by atoms with E-state index in [0.29, 0.717) is 22.5 Å². The van der Waals surface area contributed by atoms with Crippen molar-refractivity contribution in [3.05, 3.63) is 288 Å². The maximum Gasteiger partial charge on any atom is 0.155 e. The van der Waals surface area contributed by atoms with E-state index in [0.717, 1.165) is 100 Å². The SMILES string of the molecule is Cc1ccc(N(c2ccc3c(c2)C(C)(C)c2cccc4c2c-3c(C)c2ccc(N(c3ccc(C)cc3)c3cc(-c5ccccc5)cc(-c5ccccc5)c3F)cc24)c2cc(-c3ccccc3)cc(-c3ccccc3)c2F)cc1. The Balaban J connectivity index is 1.01. The monoisotopic (exact) mass is 1010 g/mol. The quantitative estimate of drug-likeness (QED) is 0.126. The summed E-state index contributed by atoms with van der Waals surface area (Å²) in [6, 6.07) is 84.9. The average Bonchev–Trinajstić information content (AvgIpc) is 3.67. The molecule has 0 heterocycles. The molecule has 12 aromatic carbocycles. The Morgan fingerprint density at radius 2 is 0.756 bits per heavy atom.